The molecule has 724 valence electrons. The molecule has 0 radical (unpaired) electrons. The average Bonchev–Trinajstić information content (AvgIpc) is 1.54. The van der Waals surface area contributed by atoms with Crippen LogP contribution in [-0.2, 0) is 165 Å². The molecule has 8 N–H and O–H groups in total. The van der Waals surface area contributed by atoms with Crippen LogP contribution in [0.4, 0.5) is 0 Å². The summed E-state index contributed by atoms with van der Waals surface area (Å²) in [5.74, 6) is -9.78. The zero-order valence-electron chi connectivity index (χ0n) is 75.9. The van der Waals surface area contributed by atoms with Gasteiger partial charge in [0.15, 0.2) is 36.0 Å². The van der Waals surface area contributed by atoms with Gasteiger partial charge in [-0.1, -0.05) is 36.4 Å². The molecule has 16 rings (SSSR count). The number of ketones is 3. The maximum atomic E-state index is 13.1. The third kappa shape index (κ3) is 19.6. The Morgan fingerprint density at radius 1 is 0.466 bits per heavy atom. The molecule has 4 saturated heterocycles. The number of likely N-dealkylation sites (N-methyl/N-ethyl adjacent to an activating group) is 3. The summed E-state index contributed by atoms with van der Waals surface area (Å²) in [4.78, 5) is 189. The van der Waals surface area contributed by atoms with E-state index in [0.29, 0.717) is 85.1 Å². The van der Waals surface area contributed by atoms with E-state index >= 15 is 0 Å². The minimum absolute atomic E-state index is 0.0221. The van der Waals surface area contributed by atoms with Gasteiger partial charge >= 0.3 is 59.7 Å². The van der Waals surface area contributed by atoms with Crippen LogP contribution in [0.5, 0.6) is 17.2 Å². The number of esters is 7. The zero-order valence-corrected chi connectivity index (χ0v) is 77.4. The van der Waals surface area contributed by atoms with Gasteiger partial charge in [0.1, 0.15) is 45.8 Å². The summed E-state index contributed by atoms with van der Waals surface area (Å²) in [5.41, 5.74) is 0.465. The maximum absolute atomic E-state index is 13.1. The second kappa shape index (κ2) is 39.9. The fourth-order valence-electron chi connectivity index (χ4n) is 21.4. The first-order valence-electron chi connectivity index (χ1n) is 44.1. The summed E-state index contributed by atoms with van der Waals surface area (Å²) in [6, 6.07) is 11.2. The number of nitrogens with zero attached hydrogens (tertiary/aromatic N) is 4. The number of carbonyl (C=O) groups is 15. The predicted molar refractivity (Wildman–Crippen MR) is 460 cm³/mol. The molecule has 7 aliphatic heterocycles. The number of carboxylic acids is 2. The highest BCUT2D eigenvalue weighted by atomic mass is 35.5. The predicted octanol–water partition coefficient (Wildman–Crippen LogP) is 4.82. The molecule has 2 amide bonds. The number of aliphatic carboxylic acids is 2. The van der Waals surface area contributed by atoms with Crippen LogP contribution >= 0.6 is 23.2 Å². The van der Waals surface area contributed by atoms with Gasteiger partial charge in [-0.25, -0.2) is 14.4 Å². The number of carbonyl (C=O) groups excluding carboxylic acids is 13. The highest BCUT2D eigenvalue weighted by Gasteiger charge is 2.76. The molecule has 7 heterocycles. The minimum atomic E-state index is -1.86. The van der Waals surface area contributed by atoms with Gasteiger partial charge in [-0.3, -0.25) is 57.5 Å². The van der Waals surface area contributed by atoms with E-state index in [2.05, 4.69) is 31.3 Å². The maximum Gasteiger partial charge on any atom is 0.348 e. The number of hydrogen-bond donors (Lipinski definition) is 8. The number of Topliss-reactive ketones (excluding diaryl/α,β-unsaturated/α-hetero) is 3. The van der Waals surface area contributed by atoms with Crippen molar-refractivity contribution in [2.45, 2.75) is 309 Å². The molecule has 38 nitrogen and oxygen atoms in total. The lowest BCUT2D eigenvalue weighted by Gasteiger charge is -2.62. The SMILES string of the molecule is CC(=O)C[C@@H](OC(=O)CCC(=O)ON1C(=O)CCC1=O)C(C)=O.CN1CC[C@]23c4c5ccc(CO)c4O[C@H]2C(=O)CC[C@@]3(O)[C@H]1C5.CN1CC[C@]23c4c5ccc(CO)c4O[C@H]2C(OC(=O)CCC(=O)O[C@H](CC(=O)O)C(=O)O)=CC[C@@]3(O)[C@H]1C5.CN1CC[C@]23c4c5ccc(CO)c4O[C@H]2C(OC(=O)CCC(=O)O[C@H](CC(=O)OC(C)(C)C)C(=O)OC(C)(C)C)=CC[C@@]3(O)[C@H]1C5.ClCCl. The third-order valence-electron chi connectivity index (χ3n) is 27.1. The first-order chi connectivity index (χ1) is 62.5. The first kappa shape index (κ1) is 102. The van der Waals surface area contributed by atoms with Gasteiger partial charge in [0.2, 0.25) is 12.2 Å². The Bertz CT molecular complexity index is 5210. The fraction of sp³-hybridized carbons (Fsp3) is 0.602. The second-order valence-electron chi connectivity index (χ2n) is 37.7. The average molecular weight is 1900 g/mol. The number of hydroxylamine groups is 2. The lowest BCUT2D eigenvalue weighted by molar-refractivity contribution is -0.197. The van der Waals surface area contributed by atoms with Crippen molar-refractivity contribution in [1.29, 1.82) is 0 Å². The number of piperidine rings is 3. The molecule has 13 aliphatic rings. The summed E-state index contributed by atoms with van der Waals surface area (Å²) in [6.07, 6.45) is -2.69. The number of carboxylic acid groups (broad SMARTS) is 2. The Kier molecular flexibility index (Phi) is 30.5. The van der Waals surface area contributed by atoms with Crippen LogP contribution in [0.2, 0.25) is 0 Å². The number of likely N-dealkylation sites (tertiary alicyclic amines) is 3. The number of aliphatic hydroxyl groups excluding tert-OH is 3. The van der Waals surface area contributed by atoms with Crippen molar-refractivity contribution >= 4 is 112 Å². The van der Waals surface area contributed by atoms with Gasteiger partial charge in [-0.2, -0.15) is 0 Å². The smallest absolute Gasteiger partial charge is 0.348 e. The van der Waals surface area contributed by atoms with Gasteiger partial charge in [-0.05, 0) is 170 Å². The number of imide groups is 1. The van der Waals surface area contributed by atoms with E-state index in [9.17, 15) is 103 Å². The van der Waals surface area contributed by atoms with Gasteiger partial charge in [0.25, 0.3) is 11.8 Å². The number of rotatable bonds is 27. The summed E-state index contributed by atoms with van der Waals surface area (Å²) >= 11 is 9.53. The summed E-state index contributed by atoms with van der Waals surface area (Å²) in [6.45, 7) is 14.0. The minimum Gasteiger partial charge on any atom is -0.481 e. The highest BCUT2D eigenvalue weighted by molar-refractivity contribution is 6.40. The van der Waals surface area contributed by atoms with E-state index in [0.717, 1.165) is 58.3 Å². The van der Waals surface area contributed by atoms with Crippen molar-refractivity contribution in [2.24, 2.45) is 0 Å². The van der Waals surface area contributed by atoms with Crippen LogP contribution in [0.25, 0.3) is 0 Å². The molecule has 6 aliphatic carbocycles. The van der Waals surface area contributed by atoms with Crippen molar-refractivity contribution in [3.8, 4) is 17.2 Å². The number of ether oxygens (including phenoxy) is 10. The molecule has 3 spiro atoms. The van der Waals surface area contributed by atoms with Crippen molar-refractivity contribution in [2.75, 3.05) is 46.1 Å². The number of benzene rings is 3. The molecule has 133 heavy (non-hydrogen) atoms. The molecule has 3 aromatic rings. The third-order valence-corrected chi connectivity index (χ3v) is 27.1. The Labute approximate surface area is 775 Å². The largest absolute Gasteiger partial charge is 0.481 e. The molecule has 1 saturated carbocycles. The second-order valence-corrected chi connectivity index (χ2v) is 38.5. The van der Waals surface area contributed by atoms with Crippen molar-refractivity contribution in [1.82, 2.24) is 19.8 Å². The first-order valence-corrected chi connectivity index (χ1v) is 45.2. The lowest BCUT2D eigenvalue weighted by Crippen LogP contribution is -2.76. The number of amides is 2. The Balaban J connectivity index is 0.000000165. The standard InChI is InChI=1S/C34H45NO11.C26H29NO11.C18H21NO4.C14H17NO8.CH2Cl2/c1-31(2,3)45-26(39)17-22(30(40)46-32(4,5)6)43-25(38)11-10-24(37)42-21-12-13-34(41)23-16-19-8-9-20(18-36)28-27(19)33(34,29(21)44-28)14-15-35(23)7;1-27-9-8-25-21-13-2-3-14(12-28)22(21)38-23(25)15(6-7-26(25,35)17(27)10-13)36-19(31)4-5-20(32)37-16(24(33)34)11-18(29)30;1-19-7-6-17-14-10-2-3-11(9-20)15(14)23-16(17)12(21)4-5-18(17,22)13(19)8-10;1-8(16)7-10(9(2)17)22-13(20)5-6-14(21)23-15-11(18)3-4-12(15)19;2-1-3/h8-9,12,22-23,29,36,41H,10-11,13-18H2,1-7H3;2-3,6,16-17,23,28,35H,4-5,7-12H2,1H3,(H,29,30)(H,33,34);2-3,13,16,20,22H,4-9H2,1H3;10H,3-7H2,1-2H3;1H2/t22-,23-,29+,33+,34-;16-,17-,23+,25+,26-;13-,16+,17+,18-;10-;/m1111./s1. The molecular weight excluding hydrogens is 1790 g/mol. The molecule has 15 atom stereocenters. The van der Waals surface area contributed by atoms with E-state index in [1.807, 2.05) is 44.4 Å². The molecule has 6 bridgehead atoms. The lowest BCUT2D eigenvalue weighted by atomic mass is 9.49. The topological polar surface area (TPSA) is 532 Å². The molecule has 3 aromatic carbocycles. The summed E-state index contributed by atoms with van der Waals surface area (Å²) in [7, 11) is 6.02. The van der Waals surface area contributed by atoms with Gasteiger partial charge in [0, 0.05) is 83.6 Å². The number of aliphatic hydroxyl groups is 6. The van der Waals surface area contributed by atoms with Gasteiger partial charge in [-0.15, -0.1) is 28.3 Å². The van der Waals surface area contributed by atoms with Crippen LogP contribution in [0.15, 0.2) is 60.1 Å². The number of halogens is 2. The van der Waals surface area contributed by atoms with Crippen LogP contribution in [0, 0.1) is 0 Å². The van der Waals surface area contributed by atoms with Crippen LogP contribution in [0.3, 0.4) is 0 Å². The van der Waals surface area contributed by atoms with Crippen molar-refractivity contribution < 1.29 is 165 Å². The van der Waals surface area contributed by atoms with E-state index in [1.165, 1.54) is 13.8 Å². The van der Waals surface area contributed by atoms with E-state index < -0.39 is 203 Å². The highest BCUT2D eigenvalue weighted by Crippen LogP contribution is 2.68. The Hall–Kier alpha value is -10.4. The number of hydrogen-bond acceptors (Lipinski definition) is 35. The van der Waals surface area contributed by atoms with E-state index in [1.54, 1.807) is 59.8 Å². The quantitative estimate of drug-likeness (QED) is 0.0219. The normalized spacial score (nSPS) is 27.6. The van der Waals surface area contributed by atoms with E-state index in [-0.39, 0.29) is 105 Å². The molecular formula is C93H114Cl2N4O34. The number of alkyl halides is 2. The fourth-order valence-corrected chi connectivity index (χ4v) is 21.4. The van der Waals surface area contributed by atoms with Crippen molar-refractivity contribution in [3.05, 3.63) is 110 Å². The van der Waals surface area contributed by atoms with Gasteiger partial charge in [0.05, 0.1) is 116 Å². The van der Waals surface area contributed by atoms with Crippen LogP contribution in [0.1, 0.15) is 221 Å². The Morgan fingerprint density at radius 3 is 1.21 bits per heavy atom. The molecule has 5 fully saturated rings. The monoisotopic (exact) mass is 1900 g/mol. The van der Waals surface area contributed by atoms with Crippen molar-refractivity contribution in [3.63, 3.8) is 0 Å². The molecule has 40 heteroatoms. The van der Waals surface area contributed by atoms with Gasteiger partial charge < -0.3 is 108 Å². The zero-order chi connectivity index (χ0) is 97.5. The summed E-state index contributed by atoms with van der Waals surface area (Å²) < 4.78 is 55.8. The van der Waals surface area contributed by atoms with Crippen LogP contribution in [-0.4, -0.2) is 278 Å². The summed E-state index contributed by atoms with van der Waals surface area (Å²) in [5, 5.41) is 84.2. The van der Waals surface area contributed by atoms with Crippen LogP contribution < -0.4 is 14.2 Å². The molecule has 0 aromatic heterocycles. The molecule has 0 unspecified atom stereocenters. The van der Waals surface area contributed by atoms with E-state index in [4.69, 9.17) is 76.0 Å². The Morgan fingerprint density at radius 2 is 0.835 bits per heavy atom.